The standard InChI is InChI=1S/C17H37N5O2S.HI/c1-6-18-16(20-14-17(3,4)21-25(5,23)24)19-10-7-11-22-12-8-15(2)9-13-22;/h15,21H,6-14H2,1-5H3,(H2,18,19,20);1H. The lowest BCUT2D eigenvalue weighted by atomic mass is 9.99. The molecule has 0 radical (unpaired) electrons. The maximum Gasteiger partial charge on any atom is 0.209 e. The van der Waals surface area contributed by atoms with Crippen LogP contribution in [0, 0.1) is 5.92 Å². The zero-order valence-electron chi connectivity index (χ0n) is 17.0. The number of rotatable bonds is 9. The molecule has 0 spiro atoms. The molecule has 0 saturated carbocycles. The molecule has 156 valence electrons. The van der Waals surface area contributed by atoms with Crippen LogP contribution < -0.4 is 15.4 Å². The van der Waals surface area contributed by atoms with Crippen LogP contribution in [0.1, 0.15) is 47.0 Å². The maximum atomic E-state index is 11.4. The van der Waals surface area contributed by atoms with Crippen molar-refractivity contribution in [3.05, 3.63) is 0 Å². The molecule has 1 aliphatic rings. The lowest BCUT2D eigenvalue weighted by Crippen LogP contribution is -2.47. The zero-order valence-corrected chi connectivity index (χ0v) is 20.1. The minimum absolute atomic E-state index is 0. The summed E-state index contributed by atoms with van der Waals surface area (Å²) in [5.41, 5.74) is -0.611. The van der Waals surface area contributed by atoms with E-state index in [1.54, 1.807) is 0 Å². The van der Waals surface area contributed by atoms with Crippen LogP contribution >= 0.6 is 24.0 Å². The molecule has 0 aromatic rings. The number of nitrogens with zero attached hydrogens (tertiary/aromatic N) is 2. The van der Waals surface area contributed by atoms with Gasteiger partial charge in [0, 0.05) is 18.6 Å². The average Bonchev–Trinajstić information content (AvgIpc) is 2.48. The molecule has 9 heteroatoms. The minimum atomic E-state index is -3.24. The molecule has 0 aliphatic carbocycles. The second-order valence-corrected chi connectivity index (χ2v) is 9.51. The Kier molecular flexibility index (Phi) is 12.3. The van der Waals surface area contributed by atoms with Crippen molar-refractivity contribution in [2.75, 3.05) is 45.5 Å². The van der Waals surface area contributed by atoms with Crippen LogP contribution in [0.15, 0.2) is 4.99 Å². The smallest absolute Gasteiger partial charge is 0.209 e. The van der Waals surface area contributed by atoms with Gasteiger partial charge < -0.3 is 15.5 Å². The number of piperidine rings is 1. The average molecular weight is 503 g/mol. The Morgan fingerprint density at radius 1 is 1.23 bits per heavy atom. The van der Waals surface area contributed by atoms with Crippen molar-refractivity contribution < 1.29 is 8.42 Å². The molecule has 0 aromatic heterocycles. The first kappa shape index (κ1) is 25.9. The van der Waals surface area contributed by atoms with Crippen LogP contribution in [-0.4, -0.2) is 70.3 Å². The van der Waals surface area contributed by atoms with E-state index in [4.69, 9.17) is 0 Å². The fourth-order valence-electron chi connectivity index (χ4n) is 2.95. The van der Waals surface area contributed by atoms with E-state index in [-0.39, 0.29) is 24.0 Å². The normalized spacial score (nSPS) is 17.7. The third-order valence-corrected chi connectivity index (χ3v) is 5.18. The van der Waals surface area contributed by atoms with E-state index in [2.05, 4.69) is 32.2 Å². The van der Waals surface area contributed by atoms with Crippen LogP contribution in [0.2, 0.25) is 0 Å². The molecule has 26 heavy (non-hydrogen) atoms. The monoisotopic (exact) mass is 503 g/mol. The third-order valence-electron chi connectivity index (χ3n) is 4.26. The minimum Gasteiger partial charge on any atom is -0.357 e. The number of guanidine groups is 1. The molecule has 1 fully saturated rings. The topological polar surface area (TPSA) is 85.8 Å². The summed E-state index contributed by atoms with van der Waals surface area (Å²) in [4.78, 5) is 7.05. The van der Waals surface area contributed by atoms with Gasteiger partial charge in [-0.25, -0.2) is 13.1 Å². The zero-order chi connectivity index (χ0) is 18.9. The van der Waals surface area contributed by atoms with Crippen LogP contribution in [0.4, 0.5) is 0 Å². The Hall–Kier alpha value is -0.130. The molecule has 1 aliphatic heterocycles. The summed E-state index contributed by atoms with van der Waals surface area (Å²) in [5, 5.41) is 6.55. The van der Waals surface area contributed by atoms with E-state index in [0.29, 0.717) is 6.54 Å². The molecular weight excluding hydrogens is 465 g/mol. The summed E-state index contributed by atoms with van der Waals surface area (Å²) in [6.45, 7) is 13.6. The van der Waals surface area contributed by atoms with Crippen molar-refractivity contribution in [2.24, 2.45) is 10.9 Å². The van der Waals surface area contributed by atoms with Gasteiger partial charge in [0.25, 0.3) is 0 Å². The number of halogens is 1. The molecule has 0 atom stereocenters. The predicted molar refractivity (Wildman–Crippen MR) is 121 cm³/mol. The SMILES string of the molecule is CCNC(=NCC(C)(C)NS(C)(=O)=O)NCCCN1CCC(C)CC1.I. The van der Waals surface area contributed by atoms with Crippen molar-refractivity contribution in [1.29, 1.82) is 0 Å². The lowest BCUT2D eigenvalue weighted by molar-refractivity contribution is 0.191. The van der Waals surface area contributed by atoms with Gasteiger partial charge in [0.1, 0.15) is 0 Å². The first-order valence-corrected chi connectivity index (χ1v) is 11.2. The van der Waals surface area contributed by atoms with E-state index in [1.807, 2.05) is 20.8 Å². The highest BCUT2D eigenvalue weighted by Gasteiger charge is 2.22. The van der Waals surface area contributed by atoms with E-state index >= 15 is 0 Å². The number of nitrogens with one attached hydrogen (secondary N) is 3. The van der Waals surface area contributed by atoms with Crippen molar-refractivity contribution in [1.82, 2.24) is 20.3 Å². The fourth-order valence-corrected chi connectivity index (χ4v) is 4.02. The lowest BCUT2D eigenvalue weighted by Gasteiger charge is -2.30. The van der Waals surface area contributed by atoms with Gasteiger partial charge in [0.15, 0.2) is 5.96 Å². The Morgan fingerprint density at radius 2 is 1.85 bits per heavy atom. The van der Waals surface area contributed by atoms with E-state index in [9.17, 15) is 8.42 Å². The Labute approximate surface area is 177 Å². The third kappa shape index (κ3) is 12.3. The highest BCUT2D eigenvalue weighted by Crippen LogP contribution is 2.15. The highest BCUT2D eigenvalue weighted by atomic mass is 127. The molecule has 1 saturated heterocycles. The van der Waals surface area contributed by atoms with E-state index < -0.39 is 15.6 Å². The van der Waals surface area contributed by atoms with Crippen LogP contribution in [-0.2, 0) is 10.0 Å². The van der Waals surface area contributed by atoms with Gasteiger partial charge in [0.05, 0.1) is 12.8 Å². The molecule has 7 nitrogen and oxygen atoms in total. The summed E-state index contributed by atoms with van der Waals surface area (Å²) >= 11 is 0. The number of hydrogen-bond donors (Lipinski definition) is 3. The van der Waals surface area contributed by atoms with Crippen molar-refractivity contribution >= 4 is 40.0 Å². The van der Waals surface area contributed by atoms with Crippen LogP contribution in [0.5, 0.6) is 0 Å². The Balaban J connectivity index is 0.00000625. The molecule has 0 unspecified atom stereocenters. The van der Waals surface area contributed by atoms with Gasteiger partial charge >= 0.3 is 0 Å². The van der Waals surface area contributed by atoms with E-state index in [1.165, 1.54) is 32.2 Å². The summed E-state index contributed by atoms with van der Waals surface area (Å²) in [6, 6.07) is 0. The van der Waals surface area contributed by atoms with E-state index in [0.717, 1.165) is 37.9 Å². The largest absolute Gasteiger partial charge is 0.357 e. The highest BCUT2D eigenvalue weighted by molar-refractivity contribution is 14.0. The second kappa shape index (κ2) is 12.4. The fraction of sp³-hybridized carbons (Fsp3) is 0.941. The van der Waals surface area contributed by atoms with Gasteiger partial charge in [-0.1, -0.05) is 6.92 Å². The second-order valence-electron chi connectivity index (χ2n) is 7.76. The van der Waals surface area contributed by atoms with Gasteiger partial charge in [-0.05, 0) is 65.6 Å². The first-order chi connectivity index (χ1) is 11.6. The molecular formula is C17H38IN5O2S. The molecule has 0 aromatic carbocycles. The summed E-state index contributed by atoms with van der Waals surface area (Å²) < 4.78 is 25.4. The van der Waals surface area contributed by atoms with Gasteiger partial charge in [-0.15, -0.1) is 24.0 Å². The van der Waals surface area contributed by atoms with Gasteiger partial charge in [-0.2, -0.15) is 0 Å². The van der Waals surface area contributed by atoms with Gasteiger partial charge in [0.2, 0.25) is 10.0 Å². The number of likely N-dealkylation sites (tertiary alicyclic amines) is 1. The number of aliphatic imine (C=N–C) groups is 1. The maximum absolute atomic E-state index is 11.4. The van der Waals surface area contributed by atoms with Gasteiger partial charge in [-0.3, -0.25) is 4.99 Å². The van der Waals surface area contributed by atoms with Crippen molar-refractivity contribution in [3.63, 3.8) is 0 Å². The molecule has 1 rings (SSSR count). The summed E-state index contributed by atoms with van der Waals surface area (Å²) in [7, 11) is -3.24. The molecule has 0 bridgehead atoms. The number of hydrogen-bond acceptors (Lipinski definition) is 4. The van der Waals surface area contributed by atoms with Crippen molar-refractivity contribution in [2.45, 2.75) is 52.5 Å². The van der Waals surface area contributed by atoms with Crippen LogP contribution in [0.25, 0.3) is 0 Å². The quantitative estimate of drug-likeness (QED) is 0.193. The Morgan fingerprint density at radius 3 is 2.38 bits per heavy atom. The predicted octanol–water partition coefficient (Wildman–Crippen LogP) is 1.61. The molecule has 1 heterocycles. The Bertz CT molecular complexity index is 517. The first-order valence-electron chi connectivity index (χ1n) is 9.35. The summed E-state index contributed by atoms with van der Waals surface area (Å²) in [6.07, 6.45) is 4.85. The molecule has 3 N–H and O–H groups in total. The number of sulfonamides is 1. The van der Waals surface area contributed by atoms with Crippen LogP contribution in [0.3, 0.4) is 0 Å². The molecule has 0 amide bonds. The van der Waals surface area contributed by atoms with Crippen molar-refractivity contribution in [3.8, 4) is 0 Å². The summed E-state index contributed by atoms with van der Waals surface area (Å²) in [5.74, 6) is 1.60.